The Morgan fingerprint density at radius 2 is 1.53 bits per heavy atom. The first-order chi connectivity index (χ1) is 16.2. The minimum absolute atomic E-state index is 0.0499. The zero-order valence-corrected chi connectivity index (χ0v) is 18.6. The van der Waals surface area contributed by atoms with Crippen LogP contribution in [0, 0.1) is 5.41 Å². The lowest BCUT2D eigenvalue weighted by Gasteiger charge is -2.14. The van der Waals surface area contributed by atoms with Crippen molar-refractivity contribution >= 4 is 29.6 Å². The Kier molecular flexibility index (Phi) is 9.72. The maximum absolute atomic E-state index is 12.6. The van der Waals surface area contributed by atoms with Crippen molar-refractivity contribution < 1.29 is 38.5 Å². The van der Waals surface area contributed by atoms with E-state index in [9.17, 15) is 19.2 Å². The van der Waals surface area contributed by atoms with E-state index >= 15 is 0 Å². The lowest BCUT2D eigenvalue weighted by molar-refractivity contribution is -0.139. The van der Waals surface area contributed by atoms with Crippen molar-refractivity contribution in [3.63, 3.8) is 0 Å². The van der Waals surface area contributed by atoms with Gasteiger partial charge < -0.3 is 24.6 Å². The molecule has 11 nitrogen and oxygen atoms in total. The summed E-state index contributed by atoms with van der Waals surface area (Å²) in [6.07, 6.45) is -0.794. The van der Waals surface area contributed by atoms with Gasteiger partial charge in [0.15, 0.2) is 12.4 Å². The number of carbonyl (C=O) groups excluding carboxylic acids is 3. The van der Waals surface area contributed by atoms with Crippen molar-refractivity contribution in [1.29, 1.82) is 5.41 Å². The number of amidine groups is 1. The van der Waals surface area contributed by atoms with Gasteiger partial charge in [-0.15, -0.1) is 0 Å². The van der Waals surface area contributed by atoms with Crippen LogP contribution < -0.4 is 15.4 Å². The van der Waals surface area contributed by atoms with Crippen LogP contribution >= 0.6 is 0 Å². The second-order valence-electron chi connectivity index (χ2n) is 6.97. The van der Waals surface area contributed by atoms with Gasteiger partial charge in [0.1, 0.15) is 18.2 Å². The van der Waals surface area contributed by atoms with Crippen molar-refractivity contribution in [3.8, 4) is 5.75 Å². The first-order valence-electron chi connectivity index (χ1n) is 10.1. The first kappa shape index (κ1) is 26.0. The van der Waals surface area contributed by atoms with Crippen molar-refractivity contribution in [2.45, 2.75) is 13.0 Å². The summed E-state index contributed by atoms with van der Waals surface area (Å²) < 4.78 is 14.6. The first-order valence-corrected chi connectivity index (χ1v) is 10.1. The molecule has 0 fully saturated rings. The fraction of sp³-hybridized carbons (Fsp3) is 0.261. The Labute approximate surface area is 195 Å². The molecule has 11 heteroatoms. The van der Waals surface area contributed by atoms with E-state index in [1.165, 1.54) is 62.6 Å². The van der Waals surface area contributed by atoms with Crippen LogP contribution in [0.1, 0.15) is 33.2 Å². The molecule has 1 unspecified atom stereocenters. The van der Waals surface area contributed by atoms with Crippen molar-refractivity contribution in [1.82, 2.24) is 10.6 Å². The van der Waals surface area contributed by atoms with Gasteiger partial charge in [-0.25, -0.2) is 9.59 Å². The van der Waals surface area contributed by atoms with E-state index in [1.54, 1.807) is 0 Å². The van der Waals surface area contributed by atoms with E-state index in [4.69, 9.17) is 24.7 Å². The summed E-state index contributed by atoms with van der Waals surface area (Å²) in [6, 6.07) is 11.0. The zero-order valence-electron chi connectivity index (χ0n) is 18.6. The van der Waals surface area contributed by atoms with Crippen LogP contribution in [-0.4, -0.2) is 67.7 Å². The molecule has 0 aliphatic rings. The highest BCUT2D eigenvalue weighted by atomic mass is 16.6. The molecule has 2 aromatic rings. The molecule has 180 valence electrons. The smallest absolute Gasteiger partial charge is 0.412 e. The van der Waals surface area contributed by atoms with Gasteiger partial charge >= 0.3 is 12.1 Å². The molecule has 2 aromatic carbocycles. The highest BCUT2D eigenvalue weighted by Crippen LogP contribution is 2.14. The highest BCUT2D eigenvalue weighted by Gasteiger charge is 2.19. The summed E-state index contributed by atoms with van der Waals surface area (Å²) >= 11 is 0. The number of rotatable bonds is 11. The number of hydrogen-bond acceptors (Lipinski definition) is 8. The second-order valence-corrected chi connectivity index (χ2v) is 6.97. The Hall–Kier alpha value is -4.25. The number of benzene rings is 2. The van der Waals surface area contributed by atoms with Crippen LogP contribution in [0.4, 0.5) is 4.79 Å². The van der Waals surface area contributed by atoms with E-state index in [1.807, 2.05) is 0 Å². The predicted octanol–water partition coefficient (Wildman–Crippen LogP) is 1.85. The number of carboxylic acids is 1. The summed E-state index contributed by atoms with van der Waals surface area (Å²) in [6.45, 7) is 1.33. The van der Waals surface area contributed by atoms with Crippen molar-refractivity contribution in [3.05, 3.63) is 65.2 Å². The number of methoxy groups -OCH3 is 1. The normalized spacial score (nSPS) is 11.1. The minimum atomic E-state index is -1.11. The molecular formula is C23H25N3O8. The number of ketones is 1. The van der Waals surface area contributed by atoms with Gasteiger partial charge in [-0.1, -0.05) is 12.1 Å². The molecule has 0 aliphatic carbocycles. The lowest BCUT2D eigenvalue weighted by atomic mass is 10.0. The molecule has 0 saturated heterocycles. The number of ether oxygens (including phenoxy) is 3. The predicted molar refractivity (Wildman–Crippen MR) is 120 cm³/mol. The Morgan fingerprint density at radius 1 is 0.941 bits per heavy atom. The molecule has 0 spiro atoms. The minimum Gasteiger partial charge on any atom is -0.482 e. The van der Waals surface area contributed by atoms with Gasteiger partial charge in [-0.2, -0.15) is 0 Å². The van der Waals surface area contributed by atoms with Gasteiger partial charge in [-0.3, -0.25) is 20.3 Å². The Balaban J connectivity index is 1.90. The fourth-order valence-corrected chi connectivity index (χ4v) is 2.67. The van der Waals surface area contributed by atoms with Crippen LogP contribution in [0.2, 0.25) is 0 Å². The molecule has 0 aromatic heterocycles. The average molecular weight is 471 g/mol. The van der Waals surface area contributed by atoms with Crippen LogP contribution in [0.5, 0.6) is 5.75 Å². The average Bonchev–Trinajstić information content (AvgIpc) is 2.82. The number of hydrogen-bond donors (Lipinski definition) is 4. The van der Waals surface area contributed by atoms with Crippen molar-refractivity contribution in [2.75, 3.05) is 26.9 Å². The zero-order chi connectivity index (χ0) is 25.1. The second kappa shape index (κ2) is 12.7. The van der Waals surface area contributed by atoms with Crippen LogP contribution in [-0.2, 0) is 14.3 Å². The number of alkyl carbamates (subject to hydrolysis) is 1. The summed E-state index contributed by atoms with van der Waals surface area (Å²) in [4.78, 5) is 47.2. The molecule has 1 atom stereocenters. The van der Waals surface area contributed by atoms with Crippen LogP contribution in [0.15, 0.2) is 48.5 Å². The third-order valence-corrected chi connectivity index (χ3v) is 4.43. The van der Waals surface area contributed by atoms with Crippen LogP contribution in [0.3, 0.4) is 0 Å². The Morgan fingerprint density at radius 3 is 2.12 bits per heavy atom. The number of nitrogens with one attached hydrogen (secondary N) is 3. The number of carbonyl (C=O) groups is 4. The van der Waals surface area contributed by atoms with E-state index < -0.39 is 30.6 Å². The molecule has 0 saturated carbocycles. The number of carboxylic acid groups (broad SMARTS) is 1. The highest BCUT2D eigenvalue weighted by molar-refractivity contribution is 6.06. The third-order valence-electron chi connectivity index (χ3n) is 4.43. The number of amides is 2. The standard InChI is InChI=1S/C23H25N3O8/c1-14(20(29)15-7-9-18(10-8-15)34-13-19(27)28)25-22(30)17-5-3-16(4-6-17)21(24)26-23(31)33-12-11-32-2/h3-10,14H,11-13H2,1-2H3,(H,25,30)(H,27,28)(H2,24,26,31). The topological polar surface area (TPSA) is 164 Å². The largest absolute Gasteiger partial charge is 0.482 e. The molecule has 2 amide bonds. The summed E-state index contributed by atoms with van der Waals surface area (Å²) in [5.41, 5.74) is 0.939. The molecule has 4 N–H and O–H groups in total. The SMILES string of the molecule is COCCOC(=O)NC(=N)c1ccc(C(=O)NC(C)C(=O)c2ccc(OCC(=O)O)cc2)cc1. The Bertz CT molecular complexity index is 1040. The van der Waals surface area contributed by atoms with Gasteiger partial charge in [0.25, 0.3) is 5.91 Å². The maximum Gasteiger partial charge on any atom is 0.412 e. The molecule has 0 heterocycles. The fourth-order valence-electron chi connectivity index (χ4n) is 2.67. The van der Waals surface area contributed by atoms with E-state index in [-0.39, 0.29) is 30.4 Å². The molecular weight excluding hydrogens is 446 g/mol. The van der Waals surface area contributed by atoms with E-state index in [0.29, 0.717) is 16.9 Å². The number of aliphatic carboxylic acids is 1. The van der Waals surface area contributed by atoms with Gasteiger partial charge in [0, 0.05) is 23.8 Å². The molecule has 2 rings (SSSR count). The van der Waals surface area contributed by atoms with Gasteiger partial charge in [0.2, 0.25) is 0 Å². The summed E-state index contributed by atoms with van der Waals surface area (Å²) in [5, 5.41) is 21.4. The van der Waals surface area contributed by atoms with Gasteiger partial charge in [0.05, 0.1) is 12.6 Å². The van der Waals surface area contributed by atoms with Gasteiger partial charge in [-0.05, 0) is 43.3 Å². The van der Waals surface area contributed by atoms with Crippen molar-refractivity contribution in [2.24, 2.45) is 0 Å². The quantitative estimate of drug-likeness (QED) is 0.167. The summed E-state index contributed by atoms with van der Waals surface area (Å²) in [7, 11) is 1.47. The third kappa shape index (κ3) is 8.02. The van der Waals surface area contributed by atoms with E-state index in [0.717, 1.165) is 0 Å². The molecule has 0 radical (unpaired) electrons. The molecule has 0 bridgehead atoms. The monoisotopic (exact) mass is 471 g/mol. The molecule has 0 aliphatic heterocycles. The maximum atomic E-state index is 12.6. The lowest BCUT2D eigenvalue weighted by Crippen LogP contribution is -2.38. The van der Waals surface area contributed by atoms with E-state index in [2.05, 4.69) is 10.6 Å². The van der Waals surface area contributed by atoms with Crippen LogP contribution in [0.25, 0.3) is 0 Å². The summed E-state index contributed by atoms with van der Waals surface area (Å²) in [5.74, 6) is -1.84. The number of Topliss-reactive ketones (excluding diaryl/α,β-unsaturated/α-hetero) is 1. The molecule has 34 heavy (non-hydrogen) atoms.